The number of benzene rings is 2. The third-order valence-electron chi connectivity index (χ3n) is 4.21. The van der Waals surface area contributed by atoms with Crippen molar-refractivity contribution in [2.75, 3.05) is 6.54 Å². The molecular weight excluding hydrogens is 336 g/mol. The summed E-state index contributed by atoms with van der Waals surface area (Å²) < 4.78 is 0. The Kier molecular flexibility index (Phi) is 5.71. The molecule has 1 heterocycles. The van der Waals surface area contributed by atoms with E-state index in [-0.39, 0.29) is 12.0 Å². The van der Waals surface area contributed by atoms with E-state index < -0.39 is 0 Å². The van der Waals surface area contributed by atoms with Crippen LogP contribution in [-0.4, -0.2) is 29.2 Å². The molecule has 5 heteroatoms. The molecule has 130 valence electrons. The molecule has 4 nitrogen and oxygen atoms in total. The first kappa shape index (κ1) is 17.5. The van der Waals surface area contributed by atoms with Crippen molar-refractivity contribution in [3.8, 4) is 0 Å². The second-order valence-electron chi connectivity index (χ2n) is 6.09. The normalized spacial score (nSPS) is 16.2. The first-order valence-electron chi connectivity index (χ1n) is 8.46. The molecule has 1 aliphatic heterocycles. The highest BCUT2D eigenvalue weighted by atomic mass is 35.5. The van der Waals surface area contributed by atoms with Crippen LogP contribution in [0.25, 0.3) is 0 Å². The zero-order valence-electron chi connectivity index (χ0n) is 14.2. The number of rotatable bonds is 6. The van der Waals surface area contributed by atoms with Gasteiger partial charge in [-0.15, -0.1) is 0 Å². The summed E-state index contributed by atoms with van der Waals surface area (Å²) in [7, 11) is 0. The SMILES string of the molecule is CCC(=O)N(Cc1ccccc1)CC1CC(c2ccc(Cl)cc2)=NO1. The molecule has 2 aromatic carbocycles. The molecule has 0 N–H and O–H groups in total. The van der Waals surface area contributed by atoms with Gasteiger partial charge < -0.3 is 9.74 Å². The first-order chi connectivity index (χ1) is 12.2. The standard InChI is InChI=1S/C20H21ClN2O2/c1-2-20(24)23(13-15-6-4-3-5-7-15)14-18-12-19(22-25-18)16-8-10-17(21)11-9-16/h3-11,18H,2,12-14H2,1H3. The maximum atomic E-state index is 12.3. The van der Waals surface area contributed by atoms with Crippen LogP contribution in [0.4, 0.5) is 0 Å². The molecule has 0 saturated carbocycles. The summed E-state index contributed by atoms with van der Waals surface area (Å²) in [6.07, 6.45) is 1.04. The van der Waals surface area contributed by atoms with Gasteiger partial charge in [0, 0.05) is 24.4 Å². The minimum Gasteiger partial charge on any atom is -0.390 e. The summed E-state index contributed by atoms with van der Waals surface area (Å²) in [6, 6.07) is 17.6. The summed E-state index contributed by atoms with van der Waals surface area (Å²) in [5, 5.41) is 4.89. The molecule has 0 spiro atoms. The van der Waals surface area contributed by atoms with Crippen LogP contribution < -0.4 is 0 Å². The van der Waals surface area contributed by atoms with Gasteiger partial charge in [0.15, 0.2) is 6.10 Å². The van der Waals surface area contributed by atoms with E-state index in [4.69, 9.17) is 16.4 Å². The molecule has 25 heavy (non-hydrogen) atoms. The van der Waals surface area contributed by atoms with Crippen molar-refractivity contribution < 1.29 is 9.63 Å². The van der Waals surface area contributed by atoms with Crippen molar-refractivity contribution in [1.82, 2.24) is 4.90 Å². The fourth-order valence-electron chi connectivity index (χ4n) is 2.87. The molecule has 0 fully saturated rings. The summed E-state index contributed by atoms with van der Waals surface area (Å²) in [5.41, 5.74) is 3.01. The van der Waals surface area contributed by atoms with E-state index in [1.807, 2.05) is 66.4 Å². The highest BCUT2D eigenvalue weighted by Gasteiger charge is 2.26. The summed E-state index contributed by atoms with van der Waals surface area (Å²) in [6.45, 7) is 3.00. The zero-order valence-corrected chi connectivity index (χ0v) is 14.9. The van der Waals surface area contributed by atoms with Gasteiger partial charge in [-0.25, -0.2) is 0 Å². The van der Waals surface area contributed by atoms with Gasteiger partial charge in [-0.05, 0) is 23.3 Å². The highest BCUT2D eigenvalue weighted by molar-refractivity contribution is 6.30. The van der Waals surface area contributed by atoms with Crippen LogP contribution in [0, 0.1) is 0 Å². The van der Waals surface area contributed by atoms with Crippen molar-refractivity contribution in [2.45, 2.75) is 32.4 Å². The lowest BCUT2D eigenvalue weighted by Gasteiger charge is -2.24. The Balaban J connectivity index is 1.63. The van der Waals surface area contributed by atoms with E-state index in [1.54, 1.807) is 0 Å². The Labute approximate surface area is 153 Å². The molecule has 1 atom stereocenters. The monoisotopic (exact) mass is 356 g/mol. The number of nitrogens with zero attached hydrogens (tertiary/aromatic N) is 2. The van der Waals surface area contributed by atoms with E-state index in [9.17, 15) is 4.79 Å². The number of hydrogen-bond donors (Lipinski definition) is 0. The predicted molar refractivity (Wildman–Crippen MR) is 99.6 cm³/mol. The van der Waals surface area contributed by atoms with Gasteiger partial charge in [0.2, 0.25) is 5.91 Å². The quantitative estimate of drug-likeness (QED) is 0.775. The van der Waals surface area contributed by atoms with Crippen LogP contribution in [0.5, 0.6) is 0 Å². The van der Waals surface area contributed by atoms with Crippen LogP contribution >= 0.6 is 11.6 Å². The summed E-state index contributed by atoms with van der Waals surface area (Å²) in [4.78, 5) is 19.7. The average Bonchev–Trinajstić information content (AvgIpc) is 3.10. The topological polar surface area (TPSA) is 41.9 Å². The van der Waals surface area contributed by atoms with Crippen molar-refractivity contribution in [1.29, 1.82) is 0 Å². The number of halogens is 1. The fraction of sp³-hybridized carbons (Fsp3) is 0.300. The lowest BCUT2D eigenvalue weighted by Crippen LogP contribution is -2.36. The molecule has 2 aromatic rings. The molecule has 0 aliphatic carbocycles. The summed E-state index contributed by atoms with van der Waals surface area (Å²) in [5.74, 6) is 0.118. The zero-order chi connectivity index (χ0) is 17.6. The van der Waals surface area contributed by atoms with Crippen molar-refractivity contribution in [3.63, 3.8) is 0 Å². The van der Waals surface area contributed by atoms with Gasteiger partial charge >= 0.3 is 0 Å². The summed E-state index contributed by atoms with van der Waals surface area (Å²) >= 11 is 5.93. The molecule has 1 unspecified atom stereocenters. The molecular formula is C20H21ClN2O2. The molecule has 1 amide bonds. The number of carbonyl (C=O) groups is 1. The maximum Gasteiger partial charge on any atom is 0.222 e. The average molecular weight is 357 g/mol. The van der Waals surface area contributed by atoms with Crippen LogP contribution in [0.1, 0.15) is 30.9 Å². The van der Waals surface area contributed by atoms with Gasteiger partial charge in [0.05, 0.1) is 12.3 Å². The number of oxime groups is 1. The fourth-order valence-corrected chi connectivity index (χ4v) is 2.99. The van der Waals surface area contributed by atoms with Gasteiger partial charge in [-0.1, -0.05) is 66.1 Å². The number of carbonyl (C=O) groups excluding carboxylic acids is 1. The predicted octanol–water partition coefficient (Wildman–Crippen LogP) is 4.27. The molecule has 0 radical (unpaired) electrons. The van der Waals surface area contributed by atoms with E-state index in [2.05, 4.69) is 5.16 Å². The Bertz CT molecular complexity index is 744. The molecule has 0 bridgehead atoms. The van der Waals surface area contributed by atoms with Crippen LogP contribution in [-0.2, 0) is 16.2 Å². The molecule has 1 aliphatic rings. The molecule has 3 rings (SSSR count). The van der Waals surface area contributed by atoms with Crippen LogP contribution in [0.15, 0.2) is 59.8 Å². The molecule has 0 aromatic heterocycles. The second-order valence-corrected chi connectivity index (χ2v) is 6.53. The van der Waals surface area contributed by atoms with E-state index in [0.29, 0.717) is 31.0 Å². The Morgan fingerprint density at radius 3 is 2.60 bits per heavy atom. The van der Waals surface area contributed by atoms with Crippen molar-refractivity contribution >= 4 is 23.2 Å². The second kappa shape index (κ2) is 8.17. The third kappa shape index (κ3) is 4.60. The lowest BCUT2D eigenvalue weighted by molar-refractivity contribution is -0.133. The van der Waals surface area contributed by atoms with Gasteiger partial charge in [0.1, 0.15) is 0 Å². The van der Waals surface area contributed by atoms with E-state index in [0.717, 1.165) is 16.8 Å². The molecule has 0 saturated heterocycles. The number of hydrogen-bond acceptors (Lipinski definition) is 3. The third-order valence-corrected chi connectivity index (χ3v) is 4.46. The largest absolute Gasteiger partial charge is 0.390 e. The van der Waals surface area contributed by atoms with Gasteiger partial charge in [-0.2, -0.15) is 0 Å². The van der Waals surface area contributed by atoms with Crippen LogP contribution in [0.2, 0.25) is 5.02 Å². The van der Waals surface area contributed by atoms with E-state index >= 15 is 0 Å². The lowest BCUT2D eigenvalue weighted by atomic mass is 10.0. The minimum absolute atomic E-state index is 0.118. The van der Waals surface area contributed by atoms with Crippen molar-refractivity contribution in [3.05, 3.63) is 70.7 Å². The Hall–Kier alpha value is -2.33. The Morgan fingerprint density at radius 1 is 1.20 bits per heavy atom. The van der Waals surface area contributed by atoms with E-state index in [1.165, 1.54) is 0 Å². The van der Waals surface area contributed by atoms with Crippen molar-refractivity contribution in [2.24, 2.45) is 5.16 Å². The Morgan fingerprint density at radius 2 is 1.92 bits per heavy atom. The maximum absolute atomic E-state index is 12.3. The van der Waals surface area contributed by atoms with Crippen LogP contribution in [0.3, 0.4) is 0 Å². The number of amides is 1. The van der Waals surface area contributed by atoms with Gasteiger partial charge in [-0.3, -0.25) is 4.79 Å². The minimum atomic E-state index is -0.120. The smallest absolute Gasteiger partial charge is 0.222 e. The highest BCUT2D eigenvalue weighted by Crippen LogP contribution is 2.20. The van der Waals surface area contributed by atoms with Gasteiger partial charge in [0.25, 0.3) is 0 Å². The first-order valence-corrected chi connectivity index (χ1v) is 8.84.